The summed E-state index contributed by atoms with van der Waals surface area (Å²) in [6.45, 7) is 6.21. The Morgan fingerprint density at radius 3 is 2.24 bits per heavy atom. The number of carbonyl (C=O) groups excluding carboxylic acids is 2. The van der Waals surface area contributed by atoms with E-state index in [1.807, 2.05) is 32.9 Å². The van der Waals surface area contributed by atoms with Gasteiger partial charge in [-0.25, -0.2) is 0 Å². The molecular weight excluding hydrogens is 316 g/mol. The molecule has 0 heterocycles. The molecule has 2 rings (SSSR count). The van der Waals surface area contributed by atoms with Crippen molar-refractivity contribution in [2.75, 3.05) is 12.4 Å². The van der Waals surface area contributed by atoms with Crippen LogP contribution in [0.5, 0.6) is 0 Å². The first kappa shape index (κ1) is 18.7. The van der Waals surface area contributed by atoms with E-state index in [9.17, 15) is 9.59 Å². The second-order valence-electron chi connectivity index (χ2n) is 6.87. The van der Waals surface area contributed by atoms with Crippen molar-refractivity contribution >= 4 is 17.5 Å². The zero-order valence-electron chi connectivity index (χ0n) is 15.1. The van der Waals surface area contributed by atoms with Crippen LogP contribution < -0.4 is 10.6 Å². The summed E-state index contributed by atoms with van der Waals surface area (Å²) in [5.74, 6) is -0.406. The van der Waals surface area contributed by atoms with Gasteiger partial charge in [-0.1, -0.05) is 18.2 Å². The number of carbonyl (C=O) groups is 2. The molecule has 5 heteroatoms. The van der Waals surface area contributed by atoms with Crippen LogP contribution in [-0.2, 0) is 11.3 Å². The van der Waals surface area contributed by atoms with E-state index in [-0.39, 0.29) is 17.4 Å². The summed E-state index contributed by atoms with van der Waals surface area (Å²) >= 11 is 0. The molecule has 0 spiro atoms. The maximum absolute atomic E-state index is 12.4. The number of rotatable bonds is 5. The van der Waals surface area contributed by atoms with Crippen LogP contribution in [-0.4, -0.2) is 24.5 Å². The lowest BCUT2D eigenvalue weighted by molar-refractivity contribution is 0.0918. The Balaban J connectivity index is 2.12. The second-order valence-corrected chi connectivity index (χ2v) is 6.87. The van der Waals surface area contributed by atoms with Crippen molar-refractivity contribution in [2.45, 2.75) is 32.9 Å². The SMILES string of the molecule is COCc1cccc(C(=O)Nc2cccc(C(=O)NC(C)(C)C)c2)c1. The van der Waals surface area contributed by atoms with Crippen LogP contribution in [0, 0.1) is 0 Å². The number of amides is 2. The summed E-state index contributed by atoms with van der Waals surface area (Å²) in [6, 6.07) is 14.1. The number of hydrogen-bond acceptors (Lipinski definition) is 3. The molecule has 0 unspecified atom stereocenters. The van der Waals surface area contributed by atoms with Crippen LogP contribution in [0.15, 0.2) is 48.5 Å². The van der Waals surface area contributed by atoms with Gasteiger partial charge in [-0.3, -0.25) is 9.59 Å². The molecule has 5 nitrogen and oxygen atoms in total. The van der Waals surface area contributed by atoms with E-state index in [1.54, 1.807) is 43.5 Å². The van der Waals surface area contributed by atoms with Gasteiger partial charge in [0.25, 0.3) is 11.8 Å². The van der Waals surface area contributed by atoms with Gasteiger partial charge in [-0.05, 0) is 56.7 Å². The largest absolute Gasteiger partial charge is 0.380 e. The molecule has 132 valence electrons. The molecule has 2 aromatic carbocycles. The van der Waals surface area contributed by atoms with Gasteiger partial charge in [-0.2, -0.15) is 0 Å². The Labute approximate surface area is 148 Å². The van der Waals surface area contributed by atoms with Crippen LogP contribution in [0.2, 0.25) is 0 Å². The molecule has 0 aliphatic heterocycles. The molecule has 2 N–H and O–H groups in total. The fourth-order valence-electron chi connectivity index (χ4n) is 2.32. The fraction of sp³-hybridized carbons (Fsp3) is 0.300. The Morgan fingerprint density at radius 1 is 0.960 bits per heavy atom. The molecule has 0 saturated heterocycles. The number of benzene rings is 2. The zero-order valence-corrected chi connectivity index (χ0v) is 15.1. The van der Waals surface area contributed by atoms with Crippen molar-refractivity contribution in [3.63, 3.8) is 0 Å². The van der Waals surface area contributed by atoms with Gasteiger partial charge >= 0.3 is 0 Å². The lowest BCUT2D eigenvalue weighted by atomic mass is 10.1. The van der Waals surface area contributed by atoms with Gasteiger partial charge in [0.15, 0.2) is 0 Å². The molecular formula is C20H24N2O3. The Hall–Kier alpha value is -2.66. The number of methoxy groups -OCH3 is 1. The molecule has 0 fully saturated rings. The first-order chi connectivity index (χ1) is 11.8. The lowest BCUT2D eigenvalue weighted by Crippen LogP contribution is -2.40. The smallest absolute Gasteiger partial charge is 0.255 e. The lowest BCUT2D eigenvalue weighted by Gasteiger charge is -2.20. The van der Waals surface area contributed by atoms with E-state index in [2.05, 4.69) is 10.6 Å². The Bertz CT molecular complexity index is 764. The third-order valence-electron chi connectivity index (χ3n) is 3.37. The summed E-state index contributed by atoms with van der Waals surface area (Å²) < 4.78 is 5.09. The minimum absolute atomic E-state index is 0.175. The normalized spacial score (nSPS) is 11.0. The van der Waals surface area contributed by atoms with Crippen molar-refractivity contribution in [3.05, 3.63) is 65.2 Å². The summed E-state index contributed by atoms with van der Waals surface area (Å²) in [6.07, 6.45) is 0. The van der Waals surface area contributed by atoms with Crippen molar-refractivity contribution < 1.29 is 14.3 Å². The maximum Gasteiger partial charge on any atom is 0.255 e. The summed E-state index contributed by atoms with van der Waals surface area (Å²) in [5.41, 5.74) is 2.22. The molecule has 0 atom stereocenters. The summed E-state index contributed by atoms with van der Waals surface area (Å²) in [7, 11) is 1.61. The van der Waals surface area contributed by atoms with E-state index >= 15 is 0 Å². The third kappa shape index (κ3) is 5.72. The Morgan fingerprint density at radius 2 is 1.60 bits per heavy atom. The predicted molar refractivity (Wildman–Crippen MR) is 98.8 cm³/mol. The highest BCUT2D eigenvalue weighted by atomic mass is 16.5. The molecule has 0 bridgehead atoms. The number of ether oxygens (including phenoxy) is 1. The minimum Gasteiger partial charge on any atom is -0.380 e. The Kier molecular flexibility index (Phi) is 5.93. The standard InChI is InChI=1S/C20H24N2O3/c1-20(2,3)22-19(24)16-9-6-10-17(12-16)21-18(23)15-8-5-7-14(11-15)13-25-4/h5-12H,13H2,1-4H3,(H,21,23)(H,22,24). The van der Waals surface area contributed by atoms with Crippen LogP contribution in [0.3, 0.4) is 0 Å². The highest BCUT2D eigenvalue weighted by molar-refractivity contribution is 6.05. The average molecular weight is 340 g/mol. The van der Waals surface area contributed by atoms with E-state index < -0.39 is 0 Å². The quantitative estimate of drug-likeness (QED) is 0.874. The summed E-state index contributed by atoms with van der Waals surface area (Å²) in [4.78, 5) is 24.7. The van der Waals surface area contributed by atoms with Gasteiger partial charge in [-0.15, -0.1) is 0 Å². The van der Waals surface area contributed by atoms with Crippen molar-refractivity contribution in [1.29, 1.82) is 0 Å². The molecule has 2 aromatic rings. The van der Waals surface area contributed by atoms with Gasteiger partial charge in [0.1, 0.15) is 0 Å². The minimum atomic E-state index is -0.321. The van der Waals surface area contributed by atoms with Crippen LogP contribution in [0.25, 0.3) is 0 Å². The van der Waals surface area contributed by atoms with Crippen LogP contribution in [0.1, 0.15) is 47.1 Å². The molecule has 25 heavy (non-hydrogen) atoms. The highest BCUT2D eigenvalue weighted by Crippen LogP contribution is 2.14. The van der Waals surface area contributed by atoms with Crippen molar-refractivity contribution in [1.82, 2.24) is 5.32 Å². The van der Waals surface area contributed by atoms with E-state index in [0.29, 0.717) is 23.4 Å². The number of nitrogens with one attached hydrogen (secondary N) is 2. The zero-order chi connectivity index (χ0) is 18.4. The topological polar surface area (TPSA) is 67.4 Å². The third-order valence-corrected chi connectivity index (χ3v) is 3.37. The fourth-order valence-corrected chi connectivity index (χ4v) is 2.32. The molecule has 0 aliphatic rings. The van der Waals surface area contributed by atoms with Crippen molar-refractivity contribution in [2.24, 2.45) is 0 Å². The molecule has 0 aromatic heterocycles. The molecule has 2 amide bonds. The maximum atomic E-state index is 12.4. The van der Waals surface area contributed by atoms with Crippen molar-refractivity contribution in [3.8, 4) is 0 Å². The average Bonchev–Trinajstić information content (AvgIpc) is 2.54. The van der Waals surface area contributed by atoms with E-state index in [4.69, 9.17) is 4.74 Å². The van der Waals surface area contributed by atoms with Gasteiger partial charge < -0.3 is 15.4 Å². The van der Waals surface area contributed by atoms with Crippen LogP contribution >= 0.6 is 0 Å². The first-order valence-electron chi connectivity index (χ1n) is 8.10. The number of hydrogen-bond donors (Lipinski definition) is 2. The molecule has 0 aliphatic carbocycles. The monoisotopic (exact) mass is 340 g/mol. The van der Waals surface area contributed by atoms with E-state index in [1.165, 1.54) is 0 Å². The van der Waals surface area contributed by atoms with E-state index in [0.717, 1.165) is 5.56 Å². The molecule has 0 radical (unpaired) electrons. The van der Waals surface area contributed by atoms with Gasteiger partial charge in [0, 0.05) is 29.5 Å². The molecule has 0 saturated carbocycles. The van der Waals surface area contributed by atoms with Crippen LogP contribution in [0.4, 0.5) is 5.69 Å². The predicted octanol–water partition coefficient (Wildman–Crippen LogP) is 3.61. The number of anilines is 1. The first-order valence-corrected chi connectivity index (χ1v) is 8.10. The summed E-state index contributed by atoms with van der Waals surface area (Å²) in [5, 5.41) is 5.73. The van der Waals surface area contributed by atoms with Gasteiger partial charge in [0.05, 0.1) is 6.61 Å². The van der Waals surface area contributed by atoms with Gasteiger partial charge in [0.2, 0.25) is 0 Å². The second kappa shape index (κ2) is 7.94. The highest BCUT2D eigenvalue weighted by Gasteiger charge is 2.16.